The van der Waals surface area contributed by atoms with Crippen molar-refractivity contribution in [1.29, 1.82) is 0 Å². The summed E-state index contributed by atoms with van der Waals surface area (Å²) in [4.78, 5) is 2.86. The van der Waals surface area contributed by atoms with Crippen molar-refractivity contribution in [3.05, 3.63) is 95.1 Å². The van der Waals surface area contributed by atoms with Crippen LogP contribution in [0.15, 0.2) is 83.1 Å². The third-order valence-corrected chi connectivity index (χ3v) is 7.00. The summed E-state index contributed by atoms with van der Waals surface area (Å²) in [6.07, 6.45) is 12.4. The highest BCUT2D eigenvalue weighted by atomic mass is 32.2. The molecule has 0 saturated carbocycles. The lowest BCUT2D eigenvalue weighted by atomic mass is 9.91. The molecule has 29 heavy (non-hydrogen) atoms. The summed E-state index contributed by atoms with van der Waals surface area (Å²) in [5, 5.41) is 1.26. The summed E-state index contributed by atoms with van der Waals surface area (Å²) in [6, 6.07) is 17.5. The predicted octanol–water partition coefficient (Wildman–Crippen LogP) is 7.97. The van der Waals surface area contributed by atoms with Gasteiger partial charge < -0.3 is 4.57 Å². The Morgan fingerprint density at radius 2 is 1.90 bits per heavy atom. The first-order chi connectivity index (χ1) is 14.2. The third-order valence-electron chi connectivity index (χ3n) is 5.77. The molecular formula is C27H25NS. The van der Waals surface area contributed by atoms with Crippen LogP contribution in [-0.2, 0) is 0 Å². The standard InChI is InChI=1S/C27H25NS/c1-4-20-21-9-5-7-11-24(21)28(25(20)16-13-18(2)3)19-14-15-23-22-10-6-8-12-26(22)29-27(23)17-19/h4-14,16-18,23H,1,15H2,2-3H3/b16-13-. The molecule has 3 aromatic rings. The Hall–Kier alpha value is -2.71. The average Bonchev–Trinajstić information content (AvgIpc) is 3.26. The highest BCUT2D eigenvalue weighted by Crippen LogP contribution is 2.52. The molecule has 1 aliphatic heterocycles. The summed E-state index contributed by atoms with van der Waals surface area (Å²) in [5.74, 6) is 1.01. The van der Waals surface area contributed by atoms with Crippen LogP contribution in [0, 0.1) is 5.92 Å². The fraction of sp³-hybridized carbons (Fsp3) is 0.185. The predicted molar refractivity (Wildman–Crippen MR) is 128 cm³/mol. The van der Waals surface area contributed by atoms with Gasteiger partial charge in [0.1, 0.15) is 0 Å². The van der Waals surface area contributed by atoms with E-state index in [0.29, 0.717) is 11.8 Å². The summed E-state index contributed by atoms with van der Waals surface area (Å²) >= 11 is 1.93. The van der Waals surface area contributed by atoms with E-state index in [-0.39, 0.29) is 0 Å². The van der Waals surface area contributed by atoms with E-state index < -0.39 is 0 Å². The van der Waals surface area contributed by atoms with Gasteiger partial charge in [-0.05, 0) is 47.1 Å². The van der Waals surface area contributed by atoms with Crippen molar-refractivity contribution in [2.45, 2.75) is 31.1 Å². The first-order valence-corrected chi connectivity index (χ1v) is 11.1. The van der Waals surface area contributed by atoms with Crippen LogP contribution in [0.3, 0.4) is 0 Å². The van der Waals surface area contributed by atoms with Crippen molar-refractivity contribution in [3.63, 3.8) is 0 Å². The van der Waals surface area contributed by atoms with Gasteiger partial charge in [0.2, 0.25) is 0 Å². The molecule has 0 radical (unpaired) electrons. The number of allylic oxidation sites excluding steroid dienone is 5. The molecule has 2 aliphatic rings. The van der Waals surface area contributed by atoms with E-state index >= 15 is 0 Å². The summed E-state index contributed by atoms with van der Waals surface area (Å²) in [7, 11) is 0. The first kappa shape index (κ1) is 18.3. The van der Waals surface area contributed by atoms with Gasteiger partial charge in [0.25, 0.3) is 0 Å². The maximum absolute atomic E-state index is 4.12. The molecule has 144 valence electrons. The third kappa shape index (κ3) is 3.03. The zero-order chi connectivity index (χ0) is 20.0. The fourth-order valence-corrected chi connectivity index (χ4v) is 5.68. The normalized spacial score (nSPS) is 18.1. The number of benzene rings is 2. The first-order valence-electron chi connectivity index (χ1n) is 10.3. The molecule has 0 spiro atoms. The lowest BCUT2D eigenvalue weighted by Crippen LogP contribution is -2.05. The lowest BCUT2D eigenvalue weighted by Gasteiger charge is -2.20. The van der Waals surface area contributed by atoms with Crippen LogP contribution in [0.25, 0.3) is 28.8 Å². The highest BCUT2D eigenvalue weighted by Gasteiger charge is 2.30. The zero-order valence-electron chi connectivity index (χ0n) is 16.9. The second-order valence-corrected chi connectivity index (χ2v) is 9.18. The number of nitrogens with zero attached hydrogens (tertiary/aromatic N) is 1. The molecular weight excluding hydrogens is 370 g/mol. The monoisotopic (exact) mass is 395 g/mol. The fourth-order valence-electron chi connectivity index (χ4n) is 4.41. The molecule has 2 heterocycles. The van der Waals surface area contributed by atoms with Gasteiger partial charge in [0.15, 0.2) is 0 Å². The van der Waals surface area contributed by atoms with Gasteiger partial charge in [-0.25, -0.2) is 0 Å². The molecule has 0 bridgehead atoms. The smallest absolute Gasteiger partial charge is 0.0540 e. The van der Waals surface area contributed by atoms with Crippen molar-refractivity contribution in [3.8, 4) is 0 Å². The van der Waals surface area contributed by atoms with E-state index in [0.717, 1.165) is 6.42 Å². The molecule has 1 aromatic heterocycles. The molecule has 0 amide bonds. The Labute approximate surface area is 177 Å². The molecule has 1 aliphatic carbocycles. The Morgan fingerprint density at radius 3 is 2.72 bits per heavy atom. The highest BCUT2D eigenvalue weighted by molar-refractivity contribution is 8.03. The number of hydrogen-bond acceptors (Lipinski definition) is 1. The molecule has 2 aromatic carbocycles. The van der Waals surface area contributed by atoms with E-state index in [1.54, 1.807) is 0 Å². The van der Waals surface area contributed by atoms with Crippen molar-refractivity contribution < 1.29 is 0 Å². The molecule has 0 saturated heterocycles. The number of rotatable bonds is 4. The van der Waals surface area contributed by atoms with Crippen LogP contribution in [0.4, 0.5) is 0 Å². The van der Waals surface area contributed by atoms with E-state index in [9.17, 15) is 0 Å². The minimum absolute atomic E-state index is 0.502. The number of fused-ring (bicyclic) bond motifs is 4. The van der Waals surface area contributed by atoms with Crippen LogP contribution in [0.2, 0.25) is 0 Å². The van der Waals surface area contributed by atoms with Gasteiger partial charge in [0, 0.05) is 27.5 Å². The summed E-state index contributed by atoms with van der Waals surface area (Å²) < 4.78 is 2.41. The van der Waals surface area contributed by atoms with Gasteiger partial charge in [-0.15, -0.1) is 0 Å². The molecule has 0 N–H and O–H groups in total. The maximum atomic E-state index is 4.12. The van der Waals surface area contributed by atoms with Crippen molar-refractivity contribution in [2.24, 2.45) is 5.92 Å². The average molecular weight is 396 g/mol. The summed E-state index contributed by atoms with van der Waals surface area (Å²) in [6.45, 7) is 8.56. The number of aromatic nitrogens is 1. The molecule has 1 atom stereocenters. The van der Waals surface area contributed by atoms with Gasteiger partial charge in [0.05, 0.1) is 11.2 Å². The minimum Gasteiger partial charge on any atom is -0.310 e. The minimum atomic E-state index is 0.502. The largest absolute Gasteiger partial charge is 0.310 e. The van der Waals surface area contributed by atoms with Gasteiger partial charge >= 0.3 is 0 Å². The van der Waals surface area contributed by atoms with Crippen molar-refractivity contribution >= 4 is 40.5 Å². The second kappa shape index (κ2) is 7.27. The van der Waals surface area contributed by atoms with Gasteiger partial charge in [-0.1, -0.05) is 86.8 Å². The topological polar surface area (TPSA) is 4.93 Å². The van der Waals surface area contributed by atoms with Crippen LogP contribution >= 0.6 is 11.8 Å². The van der Waals surface area contributed by atoms with Crippen molar-refractivity contribution in [1.82, 2.24) is 4.57 Å². The Morgan fingerprint density at radius 1 is 1.10 bits per heavy atom. The Balaban J connectivity index is 1.67. The van der Waals surface area contributed by atoms with Crippen LogP contribution in [0.5, 0.6) is 0 Å². The lowest BCUT2D eigenvalue weighted by molar-refractivity contribution is 0.831. The molecule has 5 rings (SSSR count). The maximum Gasteiger partial charge on any atom is 0.0540 e. The number of para-hydroxylation sites is 1. The van der Waals surface area contributed by atoms with Crippen LogP contribution in [0.1, 0.15) is 43.0 Å². The van der Waals surface area contributed by atoms with Crippen LogP contribution in [-0.4, -0.2) is 4.57 Å². The Bertz CT molecular complexity index is 1200. The van der Waals surface area contributed by atoms with E-state index in [2.05, 4.69) is 97.8 Å². The zero-order valence-corrected chi connectivity index (χ0v) is 17.7. The van der Waals surface area contributed by atoms with Gasteiger partial charge in [-0.2, -0.15) is 0 Å². The molecule has 2 heteroatoms. The second-order valence-electron chi connectivity index (χ2n) is 8.06. The molecule has 1 unspecified atom stereocenters. The van der Waals surface area contributed by atoms with E-state index in [1.807, 2.05) is 17.8 Å². The molecule has 1 nitrogen and oxygen atoms in total. The SMILES string of the molecule is C=Cc1c(/C=C\C(C)C)n(C2=CCC3C(=C2)Sc2ccccc23)c2ccccc12. The van der Waals surface area contributed by atoms with Crippen molar-refractivity contribution in [2.75, 3.05) is 0 Å². The van der Waals surface area contributed by atoms with Crippen LogP contribution < -0.4 is 0 Å². The summed E-state index contributed by atoms with van der Waals surface area (Å²) in [5.41, 5.74) is 6.42. The van der Waals surface area contributed by atoms with Gasteiger partial charge in [-0.3, -0.25) is 0 Å². The van der Waals surface area contributed by atoms with E-state index in [4.69, 9.17) is 0 Å². The Kier molecular flexibility index (Phi) is 4.60. The number of thioether (sulfide) groups is 1. The quantitative estimate of drug-likeness (QED) is 0.433. The van der Waals surface area contributed by atoms with E-state index in [1.165, 1.54) is 43.2 Å². The molecule has 0 fully saturated rings. The number of hydrogen-bond donors (Lipinski definition) is 0.